The summed E-state index contributed by atoms with van der Waals surface area (Å²) in [6, 6.07) is 6.30. The van der Waals surface area contributed by atoms with Crippen molar-refractivity contribution in [2.24, 2.45) is 7.05 Å². The van der Waals surface area contributed by atoms with Gasteiger partial charge in [-0.05, 0) is 29.2 Å². The molecule has 0 aliphatic heterocycles. The molecule has 0 fully saturated rings. The second-order valence-corrected chi connectivity index (χ2v) is 3.89. The van der Waals surface area contributed by atoms with Crippen LogP contribution in [0.1, 0.15) is 0 Å². The van der Waals surface area contributed by atoms with E-state index >= 15 is 0 Å². The number of methoxy groups -OCH3 is 1. The number of aryl methyl sites for hydroxylation is 1. The molecule has 0 N–H and O–H groups in total. The highest BCUT2D eigenvalue weighted by Gasteiger charge is 2.36. The average molecular weight is 278 g/mol. The number of nitro groups is 2. The summed E-state index contributed by atoms with van der Waals surface area (Å²) in [6.07, 6.45) is 0. The summed E-state index contributed by atoms with van der Waals surface area (Å²) < 4.78 is 5.87. The number of aromatic nitrogens is 2. The zero-order chi connectivity index (χ0) is 14.9. The van der Waals surface area contributed by atoms with E-state index < -0.39 is 21.4 Å². The zero-order valence-electron chi connectivity index (χ0n) is 10.6. The smallest absolute Gasteiger partial charge is 0.424 e. The highest BCUT2D eigenvalue weighted by atomic mass is 16.6. The molecular formula is C11H10N4O5. The normalized spacial score (nSPS) is 10.3. The van der Waals surface area contributed by atoms with E-state index in [2.05, 4.69) is 5.10 Å². The van der Waals surface area contributed by atoms with Crippen molar-refractivity contribution in [1.82, 2.24) is 9.78 Å². The van der Waals surface area contributed by atoms with Crippen LogP contribution in [0.2, 0.25) is 0 Å². The number of hydrogen-bond donors (Lipinski definition) is 0. The minimum Gasteiger partial charge on any atom is -0.497 e. The lowest BCUT2D eigenvalue weighted by Gasteiger charge is -1.99. The Morgan fingerprint density at radius 2 is 1.75 bits per heavy atom. The molecule has 2 aromatic rings. The van der Waals surface area contributed by atoms with Crippen LogP contribution >= 0.6 is 0 Å². The second-order valence-electron chi connectivity index (χ2n) is 3.89. The molecule has 2 rings (SSSR count). The van der Waals surface area contributed by atoms with Gasteiger partial charge in [-0.25, -0.2) is 0 Å². The Hall–Kier alpha value is -2.97. The van der Waals surface area contributed by atoms with Crippen LogP contribution in [0.5, 0.6) is 5.75 Å². The van der Waals surface area contributed by atoms with Crippen LogP contribution in [0.15, 0.2) is 24.3 Å². The molecule has 9 heteroatoms. The molecule has 0 amide bonds. The lowest BCUT2D eigenvalue weighted by Crippen LogP contribution is -2.00. The molecule has 20 heavy (non-hydrogen) atoms. The predicted molar refractivity (Wildman–Crippen MR) is 68.5 cm³/mol. The zero-order valence-corrected chi connectivity index (χ0v) is 10.6. The number of rotatable bonds is 4. The Bertz CT molecular complexity index is 677. The molecule has 0 bridgehead atoms. The molecule has 1 aromatic heterocycles. The van der Waals surface area contributed by atoms with Gasteiger partial charge in [0.2, 0.25) is 5.69 Å². The Balaban J connectivity index is 2.64. The second kappa shape index (κ2) is 4.96. The van der Waals surface area contributed by atoms with Crippen molar-refractivity contribution in [2.45, 2.75) is 0 Å². The van der Waals surface area contributed by atoms with Gasteiger partial charge in [-0.2, -0.15) is 0 Å². The average Bonchev–Trinajstić information content (AvgIpc) is 2.76. The van der Waals surface area contributed by atoms with Crippen molar-refractivity contribution in [3.63, 3.8) is 0 Å². The Morgan fingerprint density at radius 3 is 2.20 bits per heavy atom. The maximum atomic E-state index is 11.1. The first kappa shape index (κ1) is 13.5. The Morgan fingerprint density at radius 1 is 1.15 bits per heavy atom. The third-order valence-electron chi connectivity index (χ3n) is 2.71. The third-order valence-corrected chi connectivity index (χ3v) is 2.71. The number of ether oxygens (including phenoxy) is 1. The largest absolute Gasteiger partial charge is 0.497 e. The molecule has 1 aromatic carbocycles. The van der Waals surface area contributed by atoms with Gasteiger partial charge < -0.3 is 14.9 Å². The number of benzene rings is 1. The van der Waals surface area contributed by atoms with Gasteiger partial charge in [-0.1, -0.05) is 5.10 Å². The maximum Gasteiger partial charge on any atom is 0.424 e. The van der Waals surface area contributed by atoms with Gasteiger partial charge in [0.1, 0.15) is 12.8 Å². The van der Waals surface area contributed by atoms with Gasteiger partial charge in [0.25, 0.3) is 0 Å². The summed E-state index contributed by atoms with van der Waals surface area (Å²) in [6.45, 7) is 0. The lowest BCUT2D eigenvalue weighted by atomic mass is 10.1. The van der Waals surface area contributed by atoms with Gasteiger partial charge in [0.05, 0.1) is 12.0 Å². The minimum absolute atomic E-state index is 0.0492. The molecule has 104 valence electrons. The van der Waals surface area contributed by atoms with Crippen LogP contribution in [0.4, 0.5) is 11.5 Å². The standard InChI is InChI=1S/C11H10N4O5/c1-13-11(15(18)19)10(14(16)17)9(12-13)7-3-5-8(20-2)6-4-7/h3-6H,1-2H3. The quantitative estimate of drug-likeness (QED) is 0.623. The molecule has 0 aliphatic rings. The van der Waals surface area contributed by atoms with Crippen molar-refractivity contribution in [3.8, 4) is 17.0 Å². The molecule has 0 saturated carbocycles. The first-order valence-electron chi connectivity index (χ1n) is 5.46. The minimum atomic E-state index is -0.821. The van der Waals surface area contributed by atoms with Crippen molar-refractivity contribution in [2.75, 3.05) is 7.11 Å². The molecule has 9 nitrogen and oxygen atoms in total. The van der Waals surface area contributed by atoms with Crippen molar-refractivity contribution >= 4 is 11.5 Å². The molecule has 0 saturated heterocycles. The molecule has 0 radical (unpaired) electrons. The van der Waals surface area contributed by atoms with Gasteiger partial charge >= 0.3 is 11.5 Å². The number of hydrogen-bond acceptors (Lipinski definition) is 6. The molecule has 0 spiro atoms. The molecule has 1 heterocycles. The molecule has 0 unspecified atom stereocenters. The third kappa shape index (κ3) is 2.16. The van der Waals surface area contributed by atoms with Gasteiger partial charge in [-0.15, -0.1) is 4.68 Å². The van der Waals surface area contributed by atoms with Gasteiger partial charge in [-0.3, -0.25) is 10.1 Å². The highest BCUT2D eigenvalue weighted by molar-refractivity contribution is 5.75. The molecular weight excluding hydrogens is 268 g/mol. The van der Waals surface area contributed by atoms with Crippen LogP contribution in [0.25, 0.3) is 11.3 Å². The van der Waals surface area contributed by atoms with Crippen molar-refractivity contribution in [3.05, 3.63) is 44.5 Å². The summed E-state index contributed by atoms with van der Waals surface area (Å²) in [5, 5.41) is 25.9. The Labute approximate surface area is 112 Å². The summed E-state index contributed by atoms with van der Waals surface area (Å²) in [4.78, 5) is 20.4. The van der Waals surface area contributed by atoms with Crippen LogP contribution in [0, 0.1) is 20.2 Å². The maximum absolute atomic E-state index is 11.1. The van der Waals surface area contributed by atoms with E-state index in [-0.39, 0.29) is 5.69 Å². The van der Waals surface area contributed by atoms with E-state index in [1.165, 1.54) is 14.2 Å². The van der Waals surface area contributed by atoms with Crippen molar-refractivity contribution in [1.29, 1.82) is 0 Å². The summed E-state index contributed by atoms with van der Waals surface area (Å²) in [5.41, 5.74) is -0.268. The van der Waals surface area contributed by atoms with E-state index in [1.54, 1.807) is 24.3 Å². The van der Waals surface area contributed by atoms with E-state index in [0.717, 1.165) is 4.68 Å². The van der Waals surface area contributed by atoms with E-state index in [1.807, 2.05) is 0 Å². The van der Waals surface area contributed by atoms with Crippen LogP contribution in [-0.2, 0) is 7.05 Å². The first-order valence-corrected chi connectivity index (χ1v) is 5.46. The number of nitrogens with zero attached hydrogens (tertiary/aromatic N) is 4. The van der Waals surface area contributed by atoms with Gasteiger partial charge in [0, 0.05) is 5.56 Å². The SMILES string of the molecule is COc1ccc(-c2nn(C)c([N+](=O)[O-])c2[N+](=O)[O-])cc1. The molecule has 0 atom stereocenters. The predicted octanol–water partition coefficient (Wildman–Crippen LogP) is 1.91. The topological polar surface area (TPSA) is 113 Å². The van der Waals surface area contributed by atoms with Crippen LogP contribution < -0.4 is 4.74 Å². The van der Waals surface area contributed by atoms with E-state index in [0.29, 0.717) is 11.3 Å². The first-order chi connectivity index (χ1) is 9.45. The van der Waals surface area contributed by atoms with Gasteiger partial charge in [0.15, 0.2) is 0 Å². The Kier molecular flexibility index (Phi) is 3.34. The fraction of sp³-hybridized carbons (Fsp3) is 0.182. The summed E-state index contributed by atoms with van der Waals surface area (Å²) in [7, 11) is 2.78. The fourth-order valence-corrected chi connectivity index (χ4v) is 1.82. The fourth-order valence-electron chi connectivity index (χ4n) is 1.82. The van der Waals surface area contributed by atoms with E-state index in [9.17, 15) is 20.2 Å². The van der Waals surface area contributed by atoms with Crippen LogP contribution in [-0.4, -0.2) is 26.7 Å². The summed E-state index contributed by atoms with van der Waals surface area (Å²) >= 11 is 0. The monoisotopic (exact) mass is 278 g/mol. The van der Waals surface area contributed by atoms with Crippen LogP contribution in [0.3, 0.4) is 0 Å². The van der Waals surface area contributed by atoms with E-state index in [4.69, 9.17) is 4.74 Å². The lowest BCUT2D eigenvalue weighted by molar-refractivity contribution is -0.425. The van der Waals surface area contributed by atoms with Crippen molar-refractivity contribution < 1.29 is 14.6 Å². The summed E-state index contributed by atoms with van der Waals surface area (Å²) in [5.74, 6) is -0.0809. The molecule has 0 aliphatic carbocycles. The highest BCUT2D eigenvalue weighted by Crippen LogP contribution is 2.36.